The first-order valence-electron chi connectivity index (χ1n) is 8.90. The van der Waals surface area contributed by atoms with Gasteiger partial charge in [0, 0.05) is 19.0 Å². The van der Waals surface area contributed by atoms with E-state index in [1.54, 1.807) is 0 Å². The maximum atomic E-state index is 12.0. The fourth-order valence-electron chi connectivity index (χ4n) is 2.95. The maximum absolute atomic E-state index is 12.0. The number of hydrogen-bond acceptors (Lipinski definition) is 4. The van der Waals surface area contributed by atoms with Crippen LogP contribution in [0, 0.1) is 5.92 Å². The number of nitrogens with one attached hydrogen (secondary N) is 1. The molecule has 1 aromatic carbocycles. The van der Waals surface area contributed by atoms with E-state index in [9.17, 15) is 9.59 Å². The zero-order valence-corrected chi connectivity index (χ0v) is 14.7. The SMILES string of the molecule is CCN(CC)Cc1ccc(C(=O)OCCCC2CCNC2=O)cc1. The second-order valence-electron chi connectivity index (χ2n) is 6.21. The van der Waals surface area contributed by atoms with E-state index < -0.39 is 0 Å². The Morgan fingerprint density at radius 2 is 1.96 bits per heavy atom. The molecule has 0 bridgehead atoms. The highest BCUT2D eigenvalue weighted by Crippen LogP contribution is 2.16. The van der Waals surface area contributed by atoms with E-state index in [1.807, 2.05) is 24.3 Å². The first-order valence-corrected chi connectivity index (χ1v) is 8.90. The van der Waals surface area contributed by atoms with Crippen LogP contribution in [-0.4, -0.2) is 43.0 Å². The molecule has 1 unspecified atom stereocenters. The average molecular weight is 332 g/mol. The number of rotatable bonds is 9. The first-order chi connectivity index (χ1) is 11.6. The number of ether oxygens (including phenoxy) is 1. The van der Waals surface area contributed by atoms with Gasteiger partial charge in [-0.15, -0.1) is 0 Å². The number of benzene rings is 1. The van der Waals surface area contributed by atoms with Crippen molar-refractivity contribution >= 4 is 11.9 Å². The smallest absolute Gasteiger partial charge is 0.338 e. The van der Waals surface area contributed by atoms with Gasteiger partial charge >= 0.3 is 5.97 Å². The van der Waals surface area contributed by atoms with Gasteiger partial charge in [-0.2, -0.15) is 0 Å². The van der Waals surface area contributed by atoms with Crippen LogP contribution in [0.25, 0.3) is 0 Å². The third kappa shape index (κ3) is 5.34. The van der Waals surface area contributed by atoms with E-state index in [2.05, 4.69) is 24.1 Å². The van der Waals surface area contributed by atoms with Crippen LogP contribution in [0.15, 0.2) is 24.3 Å². The lowest BCUT2D eigenvalue weighted by Gasteiger charge is -2.17. The molecule has 1 heterocycles. The Hall–Kier alpha value is -1.88. The van der Waals surface area contributed by atoms with Gasteiger partial charge in [0.2, 0.25) is 5.91 Å². The van der Waals surface area contributed by atoms with E-state index in [-0.39, 0.29) is 17.8 Å². The Balaban J connectivity index is 1.73. The summed E-state index contributed by atoms with van der Waals surface area (Å²) in [5.41, 5.74) is 1.78. The van der Waals surface area contributed by atoms with Crippen molar-refractivity contribution in [2.24, 2.45) is 5.92 Å². The van der Waals surface area contributed by atoms with Crippen LogP contribution in [0.3, 0.4) is 0 Å². The van der Waals surface area contributed by atoms with Crippen molar-refractivity contribution in [2.75, 3.05) is 26.2 Å². The summed E-state index contributed by atoms with van der Waals surface area (Å²) >= 11 is 0. The molecule has 1 saturated heterocycles. The summed E-state index contributed by atoms with van der Waals surface area (Å²) in [7, 11) is 0. The number of nitrogens with zero attached hydrogens (tertiary/aromatic N) is 1. The van der Waals surface area contributed by atoms with Gasteiger partial charge in [0.25, 0.3) is 0 Å². The Morgan fingerprint density at radius 1 is 1.25 bits per heavy atom. The monoisotopic (exact) mass is 332 g/mol. The summed E-state index contributed by atoms with van der Waals surface area (Å²) < 4.78 is 5.31. The standard InChI is InChI=1S/C19H28N2O3/c1-3-21(4-2)14-15-7-9-17(10-8-15)19(23)24-13-5-6-16-11-12-20-18(16)22/h7-10,16H,3-6,11-14H2,1-2H3,(H,20,22). The van der Waals surface area contributed by atoms with Crippen molar-refractivity contribution in [1.29, 1.82) is 0 Å². The number of esters is 1. The fourth-order valence-corrected chi connectivity index (χ4v) is 2.95. The Morgan fingerprint density at radius 3 is 2.54 bits per heavy atom. The predicted octanol–water partition coefficient (Wildman–Crippen LogP) is 2.60. The summed E-state index contributed by atoms with van der Waals surface area (Å²) in [5.74, 6) is -0.0755. The molecule has 1 aromatic rings. The number of hydrogen-bond donors (Lipinski definition) is 1. The molecule has 2 rings (SSSR count). The van der Waals surface area contributed by atoms with Crippen LogP contribution in [-0.2, 0) is 16.1 Å². The van der Waals surface area contributed by atoms with Gasteiger partial charge in [-0.05, 0) is 50.0 Å². The Bertz CT molecular complexity index is 538. The number of carbonyl (C=O) groups excluding carboxylic acids is 2. The van der Waals surface area contributed by atoms with E-state index in [0.717, 1.165) is 45.4 Å². The summed E-state index contributed by atoms with van der Waals surface area (Å²) in [6, 6.07) is 7.62. The molecule has 0 aliphatic carbocycles. The van der Waals surface area contributed by atoms with Crippen LogP contribution in [0.2, 0.25) is 0 Å². The molecule has 0 spiro atoms. The molecule has 1 aliphatic rings. The minimum Gasteiger partial charge on any atom is -0.462 e. The van der Waals surface area contributed by atoms with Gasteiger partial charge in [-0.25, -0.2) is 4.79 Å². The maximum Gasteiger partial charge on any atom is 0.338 e. The molecule has 1 fully saturated rings. The van der Waals surface area contributed by atoms with E-state index >= 15 is 0 Å². The van der Waals surface area contributed by atoms with Gasteiger partial charge in [0.1, 0.15) is 0 Å². The van der Waals surface area contributed by atoms with Crippen LogP contribution in [0.1, 0.15) is 49.0 Å². The molecule has 0 radical (unpaired) electrons. The van der Waals surface area contributed by atoms with Crippen molar-refractivity contribution in [3.63, 3.8) is 0 Å². The van der Waals surface area contributed by atoms with Gasteiger partial charge in [0.05, 0.1) is 12.2 Å². The average Bonchev–Trinajstić information content (AvgIpc) is 3.02. The lowest BCUT2D eigenvalue weighted by Crippen LogP contribution is -2.22. The third-order valence-electron chi connectivity index (χ3n) is 4.58. The molecule has 24 heavy (non-hydrogen) atoms. The summed E-state index contributed by atoms with van der Waals surface area (Å²) in [4.78, 5) is 25.8. The highest BCUT2D eigenvalue weighted by molar-refractivity contribution is 5.89. The second kappa shape index (κ2) is 9.42. The molecule has 0 saturated carbocycles. The topological polar surface area (TPSA) is 58.6 Å². The lowest BCUT2D eigenvalue weighted by molar-refractivity contribution is -0.122. The first kappa shape index (κ1) is 18.5. The largest absolute Gasteiger partial charge is 0.462 e. The van der Waals surface area contributed by atoms with Crippen LogP contribution in [0.4, 0.5) is 0 Å². The molecule has 5 heteroatoms. The minimum atomic E-state index is -0.291. The summed E-state index contributed by atoms with van der Waals surface area (Å²) in [6.45, 7) is 8.34. The predicted molar refractivity (Wildman–Crippen MR) is 93.7 cm³/mol. The normalized spacial score (nSPS) is 17.1. The Kier molecular flexibility index (Phi) is 7.25. The van der Waals surface area contributed by atoms with E-state index in [0.29, 0.717) is 12.2 Å². The van der Waals surface area contributed by atoms with Crippen LogP contribution in [0.5, 0.6) is 0 Å². The second-order valence-corrected chi connectivity index (χ2v) is 6.21. The van der Waals surface area contributed by atoms with Crippen molar-refractivity contribution in [3.8, 4) is 0 Å². The van der Waals surface area contributed by atoms with E-state index in [4.69, 9.17) is 4.74 Å². The van der Waals surface area contributed by atoms with Crippen LogP contribution < -0.4 is 5.32 Å². The molecular formula is C19H28N2O3. The molecule has 5 nitrogen and oxygen atoms in total. The fraction of sp³-hybridized carbons (Fsp3) is 0.579. The zero-order valence-electron chi connectivity index (χ0n) is 14.7. The van der Waals surface area contributed by atoms with Crippen molar-refractivity contribution in [3.05, 3.63) is 35.4 Å². The van der Waals surface area contributed by atoms with Crippen molar-refractivity contribution in [2.45, 2.75) is 39.7 Å². The highest BCUT2D eigenvalue weighted by atomic mass is 16.5. The minimum absolute atomic E-state index is 0.0862. The molecule has 1 amide bonds. The molecule has 1 atom stereocenters. The van der Waals surface area contributed by atoms with Gasteiger partial charge in [-0.3, -0.25) is 9.69 Å². The molecule has 1 aliphatic heterocycles. The number of amides is 1. The van der Waals surface area contributed by atoms with Crippen molar-refractivity contribution in [1.82, 2.24) is 10.2 Å². The summed E-state index contributed by atoms with van der Waals surface area (Å²) in [6.07, 6.45) is 2.40. The van der Waals surface area contributed by atoms with Gasteiger partial charge in [0.15, 0.2) is 0 Å². The Labute approximate surface area is 144 Å². The zero-order chi connectivity index (χ0) is 17.4. The quantitative estimate of drug-likeness (QED) is 0.558. The number of carbonyl (C=O) groups is 2. The van der Waals surface area contributed by atoms with Gasteiger partial charge < -0.3 is 10.1 Å². The molecule has 1 N–H and O–H groups in total. The van der Waals surface area contributed by atoms with E-state index in [1.165, 1.54) is 5.56 Å². The van der Waals surface area contributed by atoms with Crippen LogP contribution >= 0.6 is 0 Å². The van der Waals surface area contributed by atoms with Crippen molar-refractivity contribution < 1.29 is 14.3 Å². The molecular weight excluding hydrogens is 304 g/mol. The summed E-state index contributed by atoms with van der Waals surface area (Å²) in [5, 5.41) is 2.82. The highest BCUT2D eigenvalue weighted by Gasteiger charge is 2.23. The lowest BCUT2D eigenvalue weighted by atomic mass is 10.0. The molecule has 132 valence electrons. The van der Waals surface area contributed by atoms with Gasteiger partial charge in [-0.1, -0.05) is 26.0 Å². The third-order valence-corrected chi connectivity index (χ3v) is 4.58. The molecule has 0 aromatic heterocycles.